The number of terminal acetylenes is 1. The van der Waals surface area contributed by atoms with Gasteiger partial charge in [-0.15, -0.1) is 6.42 Å². The van der Waals surface area contributed by atoms with Crippen LogP contribution in [0.25, 0.3) is 10.2 Å². The third-order valence-corrected chi connectivity index (χ3v) is 4.37. The highest BCUT2D eigenvalue weighted by Gasteiger charge is 2.03. The van der Waals surface area contributed by atoms with E-state index in [1.807, 2.05) is 42.5 Å². The molecule has 1 N–H and O–H groups in total. The number of rotatable bonds is 5. The SMILES string of the molecule is C#CCOc1ccc(Br)cc1C=NNc1nc2ccccc2s1. The zero-order chi connectivity index (χ0) is 16.1. The summed E-state index contributed by atoms with van der Waals surface area (Å²) in [6.07, 6.45) is 6.92. The quantitative estimate of drug-likeness (QED) is 0.399. The van der Waals surface area contributed by atoms with Crippen LogP contribution in [-0.2, 0) is 0 Å². The van der Waals surface area contributed by atoms with E-state index in [0.29, 0.717) is 5.75 Å². The summed E-state index contributed by atoms with van der Waals surface area (Å²) in [6, 6.07) is 13.6. The first-order chi connectivity index (χ1) is 11.3. The van der Waals surface area contributed by atoms with Gasteiger partial charge in [0.1, 0.15) is 12.4 Å². The van der Waals surface area contributed by atoms with E-state index in [-0.39, 0.29) is 6.61 Å². The number of ether oxygens (including phenoxy) is 1. The van der Waals surface area contributed by atoms with Crippen LogP contribution in [0.15, 0.2) is 52.0 Å². The number of fused-ring (bicyclic) bond motifs is 1. The third kappa shape index (κ3) is 3.89. The summed E-state index contributed by atoms with van der Waals surface area (Å²) < 4.78 is 7.56. The lowest BCUT2D eigenvalue weighted by atomic mass is 10.2. The van der Waals surface area contributed by atoms with Gasteiger partial charge in [-0.25, -0.2) is 4.98 Å². The van der Waals surface area contributed by atoms with E-state index in [1.54, 1.807) is 17.6 Å². The fraction of sp³-hybridized carbons (Fsp3) is 0.0588. The van der Waals surface area contributed by atoms with Gasteiger partial charge < -0.3 is 4.74 Å². The first-order valence-corrected chi connectivity index (χ1v) is 8.37. The number of hydrogen-bond donors (Lipinski definition) is 1. The molecule has 3 aromatic rings. The first kappa shape index (κ1) is 15.5. The summed E-state index contributed by atoms with van der Waals surface area (Å²) in [6.45, 7) is 0.216. The van der Waals surface area contributed by atoms with E-state index < -0.39 is 0 Å². The van der Waals surface area contributed by atoms with E-state index >= 15 is 0 Å². The number of aromatic nitrogens is 1. The lowest BCUT2D eigenvalue weighted by Gasteiger charge is -2.06. The van der Waals surface area contributed by atoms with Crippen molar-refractivity contribution in [2.24, 2.45) is 5.10 Å². The van der Waals surface area contributed by atoms with Crippen molar-refractivity contribution in [1.82, 2.24) is 4.98 Å². The van der Waals surface area contributed by atoms with E-state index in [4.69, 9.17) is 11.2 Å². The highest BCUT2D eigenvalue weighted by atomic mass is 79.9. The van der Waals surface area contributed by atoms with Gasteiger partial charge >= 0.3 is 0 Å². The molecule has 0 aliphatic rings. The number of hydrogen-bond acceptors (Lipinski definition) is 5. The van der Waals surface area contributed by atoms with Gasteiger partial charge in [0.2, 0.25) is 5.13 Å². The molecule has 0 bridgehead atoms. The molecular weight excluding hydrogens is 374 g/mol. The number of anilines is 1. The Kier molecular flexibility index (Phi) is 4.91. The molecule has 0 aliphatic heterocycles. The monoisotopic (exact) mass is 385 g/mol. The van der Waals surface area contributed by atoms with Gasteiger partial charge in [-0.05, 0) is 30.3 Å². The van der Waals surface area contributed by atoms with Crippen LogP contribution in [0.4, 0.5) is 5.13 Å². The Bertz CT molecular complexity index is 865. The molecule has 0 saturated heterocycles. The lowest BCUT2D eigenvalue weighted by Crippen LogP contribution is -1.98. The third-order valence-electron chi connectivity index (χ3n) is 2.94. The molecule has 6 heteroatoms. The minimum atomic E-state index is 0.216. The van der Waals surface area contributed by atoms with Crippen LogP contribution in [0.1, 0.15) is 5.56 Å². The van der Waals surface area contributed by atoms with Gasteiger partial charge in [0.15, 0.2) is 0 Å². The smallest absolute Gasteiger partial charge is 0.204 e. The highest BCUT2D eigenvalue weighted by molar-refractivity contribution is 9.10. The summed E-state index contributed by atoms with van der Waals surface area (Å²) in [5.74, 6) is 3.13. The van der Waals surface area contributed by atoms with Gasteiger partial charge in [0, 0.05) is 10.0 Å². The molecule has 2 aromatic carbocycles. The molecule has 0 amide bonds. The molecule has 3 rings (SSSR count). The van der Waals surface area contributed by atoms with E-state index in [0.717, 1.165) is 25.4 Å². The van der Waals surface area contributed by atoms with Gasteiger partial charge in [0.25, 0.3) is 0 Å². The molecule has 0 radical (unpaired) electrons. The Labute approximate surface area is 146 Å². The molecule has 0 unspecified atom stereocenters. The summed E-state index contributed by atoms with van der Waals surface area (Å²) in [5.41, 5.74) is 4.73. The highest BCUT2D eigenvalue weighted by Crippen LogP contribution is 2.25. The van der Waals surface area contributed by atoms with E-state index in [9.17, 15) is 0 Å². The second-order valence-electron chi connectivity index (χ2n) is 4.53. The Morgan fingerprint density at radius 1 is 1.35 bits per heavy atom. The molecule has 0 fully saturated rings. The molecule has 1 aromatic heterocycles. The van der Waals surface area contributed by atoms with Crippen molar-refractivity contribution in [2.45, 2.75) is 0 Å². The maximum absolute atomic E-state index is 5.50. The molecule has 4 nitrogen and oxygen atoms in total. The molecular formula is C17H12BrN3OS. The van der Waals surface area contributed by atoms with E-state index in [1.165, 1.54) is 0 Å². The fourth-order valence-corrected chi connectivity index (χ4v) is 3.14. The van der Waals surface area contributed by atoms with Crippen molar-refractivity contribution < 1.29 is 4.74 Å². The van der Waals surface area contributed by atoms with Crippen molar-refractivity contribution in [1.29, 1.82) is 0 Å². The molecule has 0 aliphatic carbocycles. The zero-order valence-corrected chi connectivity index (χ0v) is 14.4. The average Bonchev–Trinajstić information content (AvgIpc) is 2.97. The van der Waals surface area contributed by atoms with Gasteiger partial charge in [0.05, 0.1) is 16.4 Å². The lowest BCUT2D eigenvalue weighted by molar-refractivity contribution is 0.370. The second kappa shape index (κ2) is 7.27. The topological polar surface area (TPSA) is 46.5 Å². The van der Waals surface area contributed by atoms with Gasteiger partial charge in [-0.3, -0.25) is 5.43 Å². The largest absolute Gasteiger partial charge is 0.480 e. The second-order valence-corrected chi connectivity index (χ2v) is 6.48. The predicted octanol–water partition coefficient (Wildman–Crippen LogP) is 4.52. The number of nitrogens with zero attached hydrogens (tertiary/aromatic N) is 2. The number of para-hydroxylation sites is 1. The first-order valence-electron chi connectivity index (χ1n) is 6.77. The maximum atomic E-state index is 5.50. The van der Waals surface area contributed by atoms with Gasteiger partial charge in [-0.2, -0.15) is 5.10 Å². The Morgan fingerprint density at radius 3 is 3.04 bits per heavy atom. The molecule has 1 heterocycles. The van der Waals surface area contributed by atoms with Crippen molar-refractivity contribution in [2.75, 3.05) is 12.0 Å². The summed E-state index contributed by atoms with van der Waals surface area (Å²) in [5, 5.41) is 4.98. The van der Waals surface area contributed by atoms with E-state index in [2.05, 4.69) is 37.4 Å². The van der Waals surface area contributed by atoms with Crippen molar-refractivity contribution in [3.8, 4) is 18.1 Å². The predicted molar refractivity (Wildman–Crippen MR) is 99.3 cm³/mol. The minimum Gasteiger partial charge on any atom is -0.480 e. The zero-order valence-electron chi connectivity index (χ0n) is 12.0. The van der Waals surface area contributed by atoms with Crippen molar-refractivity contribution in [3.05, 3.63) is 52.5 Å². The van der Waals surface area contributed by atoms with Crippen LogP contribution in [0.2, 0.25) is 0 Å². The number of halogens is 1. The van der Waals surface area contributed by atoms with Crippen LogP contribution >= 0.6 is 27.3 Å². The van der Waals surface area contributed by atoms with Crippen molar-refractivity contribution >= 4 is 48.8 Å². The molecule has 0 atom stereocenters. The van der Waals surface area contributed by atoms with Crippen LogP contribution in [0, 0.1) is 12.3 Å². The molecule has 23 heavy (non-hydrogen) atoms. The number of nitrogens with one attached hydrogen (secondary N) is 1. The van der Waals surface area contributed by atoms with Crippen LogP contribution in [0.3, 0.4) is 0 Å². The molecule has 0 saturated carbocycles. The Balaban J connectivity index is 1.77. The Hall–Kier alpha value is -2.36. The summed E-state index contributed by atoms with van der Waals surface area (Å²) in [4.78, 5) is 4.46. The number of hydrazone groups is 1. The van der Waals surface area contributed by atoms with Crippen molar-refractivity contribution in [3.63, 3.8) is 0 Å². The number of benzene rings is 2. The van der Waals surface area contributed by atoms with Crippen LogP contribution in [0.5, 0.6) is 5.75 Å². The molecule has 114 valence electrons. The minimum absolute atomic E-state index is 0.216. The van der Waals surface area contributed by atoms with Crippen LogP contribution in [-0.4, -0.2) is 17.8 Å². The fourth-order valence-electron chi connectivity index (χ4n) is 1.95. The standard InChI is InChI=1S/C17H12BrN3OS/c1-2-9-22-15-8-7-13(18)10-12(15)11-19-21-17-20-14-5-3-4-6-16(14)23-17/h1,3-8,10-11H,9H2,(H,20,21). The normalized spacial score (nSPS) is 10.8. The summed E-state index contributed by atoms with van der Waals surface area (Å²) in [7, 11) is 0. The Morgan fingerprint density at radius 2 is 2.22 bits per heavy atom. The maximum Gasteiger partial charge on any atom is 0.204 e. The van der Waals surface area contributed by atoms with Crippen LogP contribution < -0.4 is 10.2 Å². The summed E-state index contributed by atoms with van der Waals surface area (Å²) >= 11 is 4.99. The average molecular weight is 386 g/mol. The molecule has 0 spiro atoms. The number of thiazole rings is 1. The van der Waals surface area contributed by atoms with Gasteiger partial charge in [-0.1, -0.05) is 45.3 Å².